The van der Waals surface area contributed by atoms with E-state index in [1.807, 2.05) is 6.08 Å². The van der Waals surface area contributed by atoms with Gasteiger partial charge in [0.25, 0.3) is 0 Å². The topological polar surface area (TPSA) is 26.3 Å². The molecule has 7 rings (SSSR count). The molecule has 1 saturated heterocycles. The van der Waals surface area contributed by atoms with E-state index in [4.69, 9.17) is 4.74 Å². The van der Waals surface area contributed by atoms with Gasteiger partial charge in [-0.1, -0.05) is 49.6 Å². The van der Waals surface area contributed by atoms with Crippen LogP contribution in [0, 0.1) is 35.0 Å². The van der Waals surface area contributed by atoms with Gasteiger partial charge in [-0.2, -0.15) is 0 Å². The van der Waals surface area contributed by atoms with Crippen LogP contribution in [0.25, 0.3) is 0 Å². The summed E-state index contributed by atoms with van der Waals surface area (Å²) in [5.74, 6) is 3.83. The van der Waals surface area contributed by atoms with Gasteiger partial charge < -0.3 is 4.74 Å². The Balaban J connectivity index is 1.50. The monoisotopic (exact) mass is 350 g/mol. The van der Waals surface area contributed by atoms with E-state index >= 15 is 0 Å². The molecule has 0 radical (unpaired) electrons. The van der Waals surface area contributed by atoms with Gasteiger partial charge in [-0.3, -0.25) is 4.79 Å². The molecule has 6 bridgehead atoms. The number of hydrogen-bond donors (Lipinski definition) is 0. The summed E-state index contributed by atoms with van der Waals surface area (Å²) in [4.78, 5) is 13.1. The average Bonchev–Trinajstić information content (AvgIpc) is 3.12. The lowest BCUT2D eigenvalue weighted by atomic mass is 9.39. The molecule has 2 heteroatoms. The molecular formula is C24H30O2. The van der Waals surface area contributed by atoms with Crippen LogP contribution in [0.3, 0.4) is 0 Å². The largest absolute Gasteiger partial charge is 0.358 e. The summed E-state index contributed by atoms with van der Waals surface area (Å²) in [6.07, 6.45) is 21.2. The van der Waals surface area contributed by atoms with E-state index < -0.39 is 5.60 Å². The SMILES string of the molecule is CCCC[C@]12O[C@H](C=CC1=O)C1(C3=CC=CC32)C2CC3CC(C2)CC1C3. The Bertz CT molecular complexity index is 713. The van der Waals surface area contributed by atoms with E-state index in [0.717, 1.165) is 42.9 Å². The number of ketones is 1. The molecular weight excluding hydrogens is 320 g/mol. The Morgan fingerprint density at radius 2 is 1.81 bits per heavy atom. The number of rotatable bonds is 3. The molecule has 0 aromatic rings. The van der Waals surface area contributed by atoms with Crippen LogP contribution in [0.2, 0.25) is 0 Å². The number of unbranched alkanes of at least 4 members (excludes halogenated alkanes) is 1. The Labute approximate surface area is 156 Å². The van der Waals surface area contributed by atoms with Crippen LogP contribution >= 0.6 is 0 Å². The summed E-state index contributed by atoms with van der Waals surface area (Å²) in [7, 11) is 0. The fraction of sp³-hybridized carbons (Fsp3) is 0.708. The van der Waals surface area contributed by atoms with Gasteiger partial charge >= 0.3 is 0 Å². The van der Waals surface area contributed by atoms with Crippen molar-refractivity contribution in [1.82, 2.24) is 0 Å². The van der Waals surface area contributed by atoms with Crippen LogP contribution in [-0.4, -0.2) is 17.5 Å². The maximum Gasteiger partial charge on any atom is 0.188 e. The molecule has 138 valence electrons. The highest BCUT2D eigenvalue weighted by Crippen LogP contribution is 2.71. The Morgan fingerprint density at radius 1 is 1.08 bits per heavy atom. The smallest absolute Gasteiger partial charge is 0.188 e. The van der Waals surface area contributed by atoms with Gasteiger partial charge in [-0.15, -0.1) is 0 Å². The van der Waals surface area contributed by atoms with Crippen molar-refractivity contribution in [3.63, 3.8) is 0 Å². The summed E-state index contributed by atoms with van der Waals surface area (Å²) in [6, 6.07) is 0. The zero-order chi connectivity index (χ0) is 17.5. The summed E-state index contributed by atoms with van der Waals surface area (Å²) < 4.78 is 6.89. The van der Waals surface area contributed by atoms with Crippen LogP contribution in [-0.2, 0) is 9.53 Å². The average molecular weight is 351 g/mol. The van der Waals surface area contributed by atoms with Crippen LogP contribution in [0.15, 0.2) is 36.0 Å². The normalized spacial score (nSPS) is 52.7. The quantitative estimate of drug-likeness (QED) is 0.715. The summed E-state index contributed by atoms with van der Waals surface area (Å²) in [5, 5.41) is 0. The second kappa shape index (κ2) is 5.22. The number of hydrogen-bond acceptors (Lipinski definition) is 2. The first-order valence-corrected chi connectivity index (χ1v) is 11.0. The minimum Gasteiger partial charge on any atom is -0.358 e. The molecule has 0 N–H and O–H groups in total. The van der Waals surface area contributed by atoms with E-state index in [0.29, 0.717) is 0 Å². The number of ether oxygens (including phenoxy) is 1. The minimum absolute atomic E-state index is 0.120. The minimum atomic E-state index is -0.617. The van der Waals surface area contributed by atoms with Crippen molar-refractivity contribution in [2.45, 2.75) is 70.0 Å². The van der Waals surface area contributed by atoms with Gasteiger partial charge in [-0.05, 0) is 68.3 Å². The van der Waals surface area contributed by atoms with Crippen molar-refractivity contribution in [2.75, 3.05) is 0 Å². The zero-order valence-electron chi connectivity index (χ0n) is 15.8. The maximum absolute atomic E-state index is 13.1. The predicted octanol–water partition coefficient (Wildman–Crippen LogP) is 5.01. The Kier molecular flexibility index (Phi) is 3.18. The van der Waals surface area contributed by atoms with E-state index in [1.54, 1.807) is 5.57 Å². The van der Waals surface area contributed by atoms with Gasteiger partial charge in [0.1, 0.15) is 5.60 Å². The molecule has 5 aliphatic carbocycles. The first kappa shape index (κ1) is 15.9. The van der Waals surface area contributed by atoms with Crippen molar-refractivity contribution in [3.8, 4) is 0 Å². The molecule has 1 spiro atoms. The lowest BCUT2D eigenvalue weighted by Gasteiger charge is -2.68. The van der Waals surface area contributed by atoms with Crippen LogP contribution < -0.4 is 0 Å². The summed E-state index contributed by atoms with van der Waals surface area (Å²) in [6.45, 7) is 2.21. The molecule has 4 saturated carbocycles. The molecule has 1 unspecified atom stereocenters. The van der Waals surface area contributed by atoms with Gasteiger partial charge in [0.05, 0.1) is 6.10 Å². The van der Waals surface area contributed by atoms with Crippen molar-refractivity contribution in [2.24, 2.45) is 35.0 Å². The zero-order valence-corrected chi connectivity index (χ0v) is 15.8. The lowest BCUT2D eigenvalue weighted by molar-refractivity contribution is -0.227. The van der Waals surface area contributed by atoms with Gasteiger partial charge in [0, 0.05) is 11.3 Å². The fourth-order valence-corrected chi connectivity index (χ4v) is 8.26. The van der Waals surface area contributed by atoms with Crippen LogP contribution in [0.5, 0.6) is 0 Å². The maximum atomic E-state index is 13.1. The van der Waals surface area contributed by atoms with Crippen LogP contribution in [0.1, 0.15) is 58.3 Å². The number of carbonyl (C=O) groups excluding carboxylic acids is 1. The van der Waals surface area contributed by atoms with Gasteiger partial charge in [0.15, 0.2) is 5.78 Å². The molecule has 3 atom stereocenters. The third kappa shape index (κ3) is 1.71. The van der Waals surface area contributed by atoms with Crippen molar-refractivity contribution >= 4 is 5.78 Å². The molecule has 0 aromatic carbocycles. The highest BCUT2D eigenvalue weighted by molar-refractivity contribution is 5.99. The molecule has 0 amide bonds. The summed E-state index contributed by atoms with van der Waals surface area (Å²) >= 11 is 0. The first-order valence-electron chi connectivity index (χ1n) is 11.0. The van der Waals surface area contributed by atoms with E-state index in [-0.39, 0.29) is 23.2 Å². The van der Waals surface area contributed by atoms with Crippen molar-refractivity contribution in [1.29, 1.82) is 0 Å². The standard InChI is InChI=1S/C24H30O2/c1-2-3-9-23-19-5-4-6-20(19)24(22(26-23)8-7-21(23)25)17-11-15-10-16(13-17)14-18(24)12-15/h4-8,15-19,22H,2-3,9-14H2,1H3/t15?,16?,17?,18?,19?,22-,23-,24?/m1/s1. The van der Waals surface area contributed by atoms with E-state index in [1.165, 1.54) is 32.1 Å². The number of fused-ring (bicyclic) bond motifs is 4. The number of allylic oxidation sites excluding steroid dienone is 2. The molecule has 2 aliphatic heterocycles. The second-order valence-corrected chi connectivity index (χ2v) is 9.98. The molecule has 2 heterocycles. The van der Waals surface area contributed by atoms with Gasteiger partial charge in [-0.25, -0.2) is 0 Å². The highest BCUT2D eigenvalue weighted by Gasteiger charge is 2.69. The molecule has 2 nitrogen and oxygen atoms in total. The predicted molar refractivity (Wildman–Crippen MR) is 101 cm³/mol. The third-order valence-corrected chi connectivity index (χ3v) is 8.96. The summed E-state index contributed by atoms with van der Waals surface area (Å²) in [5.41, 5.74) is 1.14. The third-order valence-electron chi connectivity index (χ3n) is 8.96. The van der Waals surface area contributed by atoms with Crippen molar-refractivity contribution < 1.29 is 9.53 Å². The van der Waals surface area contributed by atoms with Crippen molar-refractivity contribution in [3.05, 3.63) is 36.0 Å². The second-order valence-electron chi connectivity index (χ2n) is 9.98. The van der Waals surface area contributed by atoms with E-state index in [2.05, 4.69) is 31.2 Å². The molecule has 5 fully saturated rings. The Morgan fingerprint density at radius 3 is 2.50 bits per heavy atom. The Hall–Kier alpha value is -1.15. The lowest BCUT2D eigenvalue weighted by Crippen LogP contribution is -2.68. The van der Waals surface area contributed by atoms with E-state index in [9.17, 15) is 4.79 Å². The highest BCUT2D eigenvalue weighted by atomic mass is 16.5. The van der Waals surface area contributed by atoms with Crippen LogP contribution in [0.4, 0.5) is 0 Å². The number of carbonyl (C=O) groups is 1. The molecule has 26 heavy (non-hydrogen) atoms. The fourth-order valence-electron chi connectivity index (χ4n) is 8.26. The molecule has 0 aromatic heterocycles. The molecule has 7 aliphatic rings. The van der Waals surface area contributed by atoms with Gasteiger partial charge in [0.2, 0.25) is 0 Å². The first-order chi connectivity index (χ1) is 12.7.